The number of aromatic amines is 1. The minimum atomic E-state index is -1.68. The van der Waals surface area contributed by atoms with Gasteiger partial charge in [-0.2, -0.15) is 0 Å². The molecule has 0 saturated carbocycles. The average molecular weight is 854 g/mol. The third kappa shape index (κ3) is 13.2. The van der Waals surface area contributed by atoms with Crippen molar-refractivity contribution in [2.24, 2.45) is 17.6 Å². The molecule has 2 aliphatic rings. The number of H-pyrrole nitrogens is 1. The molecule has 6 amide bonds. The molecule has 0 radical (unpaired) electrons. The third-order valence-corrected chi connectivity index (χ3v) is 11.1. The summed E-state index contributed by atoms with van der Waals surface area (Å²) in [5.74, 6) is -7.73. The molecule has 1 aromatic carbocycles. The predicted octanol–water partition coefficient (Wildman–Crippen LogP) is -0.199. The van der Waals surface area contributed by atoms with Gasteiger partial charge < -0.3 is 57.1 Å². The average Bonchev–Trinajstić information content (AvgIpc) is 4.02. The maximum absolute atomic E-state index is 14.0. The summed E-state index contributed by atoms with van der Waals surface area (Å²) in [6.07, 6.45) is 4.20. The van der Waals surface area contributed by atoms with Crippen LogP contribution in [0.4, 0.5) is 0 Å². The first-order chi connectivity index (χ1) is 28.9. The fourth-order valence-corrected chi connectivity index (χ4v) is 7.63. The molecule has 20 nitrogen and oxygen atoms in total. The number of aromatic hydroxyl groups is 1. The lowest BCUT2D eigenvalue weighted by Gasteiger charge is -2.32. The van der Waals surface area contributed by atoms with Crippen LogP contribution in [0.15, 0.2) is 36.8 Å². The van der Waals surface area contributed by atoms with E-state index in [2.05, 4.69) is 31.2 Å². The number of imidazole rings is 1. The van der Waals surface area contributed by atoms with Crippen LogP contribution in [-0.2, 0) is 51.2 Å². The molecular formula is C41H59N9O11. The number of rotatable bonds is 21. The van der Waals surface area contributed by atoms with E-state index >= 15 is 0 Å². The molecule has 2 saturated heterocycles. The van der Waals surface area contributed by atoms with E-state index in [0.29, 0.717) is 43.5 Å². The van der Waals surface area contributed by atoms with Crippen molar-refractivity contribution in [2.75, 3.05) is 13.1 Å². The molecule has 0 aliphatic carbocycles. The summed E-state index contributed by atoms with van der Waals surface area (Å²) in [6.45, 7) is 7.44. The molecule has 3 heterocycles. The Balaban J connectivity index is 1.49. The number of nitrogens with one attached hydrogen (secondary N) is 5. The highest BCUT2D eigenvalue weighted by molar-refractivity contribution is 5.98. The summed E-state index contributed by atoms with van der Waals surface area (Å²) in [7, 11) is 0. The maximum Gasteiger partial charge on any atom is 0.326 e. The molecule has 1 aromatic heterocycles. The Labute approximate surface area is 353 Å². The monoisotopic (exact) mass is 853 g/mol. The van der Waals surface area contributed by atoms with Crippen LogP contribution in [0.5, 0.6) is 5.75 Å². The Morgan fingerprint density at radius 2 is 1.43 bits per heavy atom. The normalized spacial score (nSPS) is 19.2. The second-order valence-electron chi connectivity index (χ2n) is 16.3. The number of carboxylic acid groups (broad SMARTS) is 2. The molecule has 61 heavy (non-hydrogen) atoms. The van der Waals surface area contributed by atoms with E-state index in [1.54, 1.807) is 33.9 Å². The summed E-state index contributed by atoms with van der Waals surface area (Å²) < 4.78 is 0. The summed E-state index contributed by atoms with van der Waals surface area (Å²) >= 11 is 0. The number of carbonyl (C=O) groups is 8. The van der Waals surface area contributed by atoms with Gasteiger partial charge in [-0.25, -0.2) is 9.78 Å². The van der Waals surface area contributed by atoms with Gasteiger partial charge in [-0.15, -0.1) is 0 Å². The fourth-order valence-electron chi connectivity index (χ4n) is 7.63. The van der Waals surface area contributed by atoms with Gasteiger partial charge in [0.25, 0.3) is 0 Å². The Morgan fingerprint density at radius 3 is 2.02 bits per heavy atom. The highest BCUT2D eigenvalue weighted by Crippen LogP contribution is 2.26. The quantitative estimate of drug-likeness (QED) is 0.0787. The van der Waals surface area contributed by atoms with Gasteiger partial charge in [0.1, 0.15) is 42.0 Å². The van der Waals surface area contributed by atoms with E-state index in [1.807, 2.05) is 0 Å². The Hall–Kier alpha value is -6.05. The van der Waals surface area contributed by atoms with Crippen molar-refractivity contribution in [3.05, 3.63) is 48.0 Å². The number of nitrogens with zero attached hydrogens (tertiary/aromatic N) is 3. The van der Waals surface area contributed by atoms with Crippen molar-refractivity contribution in [1.82, 2.24) is 41.0 Å². The zero-order valence-corrected chi connectivity index (χ0v) is 35.0. The van der Waals surface area contributed by atoms with Gasteiger partial charge in [0, 0.05) is 37.8 Å². The van der Waals surface area contributed by atoms with Crippen LogP contribution in [-0.4, -0.2) is 138 Å². The minimum Gasteiger partial charge on any atom is -0.508 e. The summed E-state index contributed by atoms with van der Waals surface area (Å²) in [5.41, 5.74) is 7.38. The number of aliphatic carboxylic acids is 2. The van der Waals surface area contributed by atoms with Crippen molar-refractivity contribution in [1.29, 1.82) is 0 Å². The SMILES string of the molecule is CC[C@H](C)[C@H](NC(=O)[C@H](Cc1ccc(O)cc1)NC(=O)[C@H](CC(C)C)NC(=O)[C@H](CC(=O)O)NC(=O)[C@@H]1CCCN1C(=O)[C@@H]1CCCN1C(=O)[C@@H](N)Cc1cnc[nH]1)C(=O)O. The summed E-state index contributed by atoms with van der Waals surface area (Å²) in [5, 5.41) is 39.5. The fraction of sp³-hybridized carbons (Fsp3) is 0.585. The van der Waals surface area contributed by atoms with Crippen LogP contribution >= 0.6 is 0 Å². The van der Waals surface area contributed by atoms with E-state index in [4.69, 9.17) is 5.73 Å². The number of hydrogen-bond acceptors (Lipinski definition) is 11. The van der Waals surface area contributed by atoms with E-state index < -0.39 is 102 Å². The van der Waals surface area contributed by atoms with Crippen molar-refractivity contribution in [3.8, 4) is 5.75 Å². The van der Waals surface area contributed by atoms with E-state index in [-0.39, 0.29) is 43.9 Å². The highest BCUT2D eigenvalue weighted by atomic mass is 16.4. The molecule has 0 bridgehead atoms. The summed E-state index contributed by atoms with van der Waals surface area (Å²) in [4.78, 5) is 116. The first-order valence-corrected chi connectivity index (χ1v) is 20.7. The van der Waals surface area contributed by atoms with Gasteiger partial charge in [0.2, 0.25) is 35.4 Å². The van der Waals surface area contributed by atoms with Gasteiger partial charge in [-0.3, -0.25) is 33.6 Å². The van der Waals surface area contributed by atoms with Gasteiger partial charge in [-0.05, 0) is 61.6 Å². The predicted molar refractivity (Wildman–Crippen MR) is 218 cm³/mol. The number of aromatic nitrogens is 2. The highest BCUT2D eigenvalue weighted by Gasteiger charge is 2.44. The molecule has 0 unspecified atom stereocenters. The second kappa shape index (κ2) is 22.0. The molecule has 2 fully saturated rings. The molecule has 2 aliphatic heterocycles. The molecule has 334 valence electrons. The van der Waals surface area contributed by atoms with Crippen LogP contribution in [0.3, 0.4) is 0 Å². The molecular weight excluding hydrogens is 795 g/mol. The Bertz CT molecular complexity index is 1870. The number of amides is 6. The van der Waals surface area contributed by atoms with Gasteiger partial charge in [0.15, 0.2) is 0 Å². The van der Waals surface area contributed by atoms with Crippen LogP contribution < -0.4 is 27.0 Å². The molecule has 4 rings (SSSR count). The van der Waals surface area contributed by atoms with Crippen molar-refractivity contribution in [2.45, 2.75) is 128 Å². The number of carbonyl (C=O) groups excluding carboxylic acids is 6. The number of phenols is 1. The first-order valence-electron chi connectivity index (χ1n) is 20.7. The van der Waals surface area contributed by atoms with Crippen molar-refractivity contribution in [3.63, 3.8) is 0 Å². The van der Waals surface area contributed by atoms with Crippen LogP contribution in [0.1, 0.15) is 83.9 Å². The van der Waals surface area contributed by atoms with Crippen LogP contribution in [0, 0.1) is 11.8 Å². The molecule has 10 N–H and O–H groups in total. The van der Waals surface area contributed by atoms with E-state index in [0.717, 1.165) is 0 Å². The molecule has 2 aromatic rings. The largest absolute Gasteiger partial charge is 0.508 e. The van der Waals surface area contributed by atoms with E-state index in [9.17, 15) is 53.7 Å². The number of hydrogen-bond donors (Lipinski definition) is 9. The maximum atomic E-state index is 14.0. The smallest absolute Gasteiger partial charge is 0.326 e. The summed E-state index contributed by atoms with van der Waals surface area (Å²) in [6, 6.07) is -2.69. The first kappa shape index (κ1) is 47.6. The number of nitrogens with two attached hydrogens (primary N) is 1. The van der Waals surface area contributed by atoms with Gasteiger partial charge in [-0.1, -0.05) is 46.2 Å². The van der Waals surface area contributed by atoms with Crippen molar-refractivity contribution < 1.29 is 53.7 Å². The standard InChI is InChI=1S/C41H59N9O11/c1-5-23(4)34(41(60)61)48-37(56)29(17-24-10-12-26(51)13-11-24)46-35(54)28(16-22(2)3)45-36(55)30(19-33(52)53)47-38(57)31-8-6-14-49(31)40(59)32-9-7-15-50(32)39(58)27(42)18-25-20-43-21-44-25/h10-13,20-23,27-32,34,51H,5-9,14-19,42H2,1-4H3,(H,43,44)(H,45,55)(H,46,54)(H,47,57)(H,48,56)(H,52,53)(H,60,61)/t23-,27-,28-,29-,30-,31-,32-,34-/m0/s1. The number of likely N-dealkylation sites (tertiary alicyclic amines) is 2. The number of carboxylic acids is 2. The van der Waals surface area contributed by atoms with Crippen LogP contribution in [0.25, 0.3) is 0 Å². The lowest BCUT2D eigenvalue weighted by Crippen LogP contribution is -2.60. The zero-order chi connectivity index (χ0) is 45.0. The molecule has 8 atom stereocenters. The Kier molecular flexibility index (Phi) is 17.2. The van der Waals surface area contributed by atoms with Gasteiger partial charge >= 0.3 is 11.9 Å². The molecule has 20 heteroatoms. The minimum absolute atomic E-state index is 0.0243. The molecule has 0 spiro atoms. The number of phenolic OH excluding ortho intramolecular Hbond substituents is 1. The number of benzene rings is 1. The lowest BCUT2D eigenvalue weighted by atomic mass is 9.97. The van der Waals surface area contributed by atoms with Gasteiger partial charge in [0.05, 0.1) is 18.8 Å². The third-order valence-electron chi connectivity index (χ3n) is 11.1. The lowest BCUT2D eigenvalue weighted by molar-refractivity contribution is -0.147. The van der Waals surface area contributed by atoms with Crippen molar-refractivity contribution >= 4 is 47.4 Å². The second-order valence-corrected chi connectivity index (χ2v) is 16.3. The topological polar surface area (TPSA) is 307 Å². The Morgan fingerprint density at radius 1 is 0.820 bits per heavy atom. The zero-order valence-electron chi connectivity index (χ0n) is 35.0. The van der Waals surface area contributed by atoms with E-state index in [1.165, 1.54) is 40.4 Å². The van der Waals surface area contributed by atoms with Crippen LogP contribution in [0.2, 0.25) is 0 Å².